The van der Waals surface area contributed by atoms with Crippen LogP contribution in [-0.2, 0) is 4.74 Å². The van der Waals surface area contributed by atoms with Gasteiger partial charge in [-0.05, 0) is 6.40 Å². The maximum absolute atomic E-state index is 8.27. The Kier molecular flexibility index (Phi) is 5.23. The van der Waals surface area contributed by atoms with E-state index in [2.05, 4.69) is 0 Å². The SMILES string of the molecule is [2H]C(CC)COCCO. The van der Waals surface area contributed by atoms with Crippen molar-refractivity contribution in [3.05, 3.63) is 0 Å². The van der Waals surface area contributed by atoms with Crippen LogP contribution >= 0.6 is 0 Å². The quantitative estimate of drug-likeness (QED) is 0.542. The topological polar surface area (TPSA) is 29.5 Å². The van der Waals surface area contributed by atoms with Crippen LogP contribution in [0.4, 0.5) is 0 Å². The van der Waals surface area contributed by atoms with Crippen LogP contribution in [-0.4, -0.2) is 24.9 Å². The summed E-state index contributed by atoms with van der Waals surface area (Å²) in [6, 6.07) is 0. The molecule has 50 valence electrons. The lowest BCUT2D eigenvalue weighted by atomic mass is 10.4. The molecule has 0 heterocycles. The van der Waals surface area contributed by atoms with Gasteiger partial charge in [0.1, 0.15) is 0 Å². The Hall–Kier alpha value is -0.0800. The first-order chi connectivity index (χ1) is 4.31. The minimum atomic E-state index is -0.128. The normalized spacial score (nSPS) is 15.5. The Morgan fingerprint density at radius 3 is 2.88 bits per heavy atom. The van der Waals surface area contributed by atoms with Crippen molar-refractivity contribution in [2.45, 2.75) is 19.7 Å². The summed E-state index contributed by atoms with van der Waals surface area (Å²) in [5.41, 5.74) is 0. The molecule has 0 aliphatic heterocycles. The molecule has 2 heteroatoms. The molecule has 1 unspecified atom stereocenters. The molecular formula is C6H14O2. The molecule has 0 saturated carbocycles. The second-order valence-corrected chi connectivity index (χ2v) is 1.50. The number of ether oxygens (including phenoxy) is 1. The lowest BCUT2D eigenvalue weighted by Gasteiger charge is -1.97. The third-order valence-electron chi connectivity index (χ3n) is 0.760. The van der Waals surface area contributed by atoms with Crippen molar-refractivity contribution in [1.82, 2.24) is 0 Å². The molecule has 0 aromatic rings. The molecule has 1 N–H and O–H groups in total. The van der Waals surface area contributed by atoms with Crippen LogP contribution in [0.15, 0.2) is 0 Å². The Balaban J connectivity index is 2.88. The highest BCUT2D eigenvalue weighted by molar-refractivity contribution is 4.30. The summed E-state index contributed by atoms with van der Waals surface area (Å²) in [5, 5.41) is 8.27. The minimum Gasteiger partial charge on any atom is -0.394 e. The molecule has 0 saturated heterocycles. The number of rotatable bonds is 5. The lowest BCUT2D eigenvalue weighted by molar-refractivity contribution is 0.0904. The van der Waals surface area contributed by atoms with Crippen molar-refractivity contribution in [3.63, 3.8) is 0 Å². The Morgan fingerprint density at radius 1 is 1.62 bits per heavy atom. The highest BCUT2D eigenvalue weighted by atomic mass is 16.5. The van der Waals surface area contributed by atoms with E-state index in [1.54, 1.807) is 0 Å². The molecule has 0 aromatic heterocycles. The lowest BCUT2D eigenvalue weighted by Crippen LogP contribution is -1.99. The van der Waals surface area contributed by atoms with Crippen LogP contribution in [0.5, 0.6) is 0 Å². The van der Waals surface area contributed by atoms with E-state index < -0.39 is 0 Å². The van der Waals surface area contributed by atoms with E-state index in [0.29, 0.717) is 13.2 Å². The third-order valence-corrected chi connectivity index (χ3v) is 0.760. The van der Waals surface area contributed by atoms with E-state index in [1.165, 1.54) is 0 Å². The smallest absolute Gasteiger partial charge is 0.0697 e. The maximum atomic E-state index is 8.27. The predicted octanol–water partition coefficient (Wildman–Crippen LogP) is 0.795. The van der Waals surface area contributed by atoms with Gasteiger partial charge in [-0.2, -0.15) is 0 Å². The zero-order valence-corrected chi connectivity index (χ0v) is 5.26. The summed E-state index contributed by atoms with van der Waals surface area (Å²) < 4.78 is 12.1. The second kappa shape index (κ2) is 6.92. The average Bonchev–Trinajstić information content (AvgIpc) is 1.89. The largest absolute Gasteiger partial charge is 0.394 e. The molecule has 8 heavy (non-hydrogen) atoms. The van der Waals surface area contributed by atoms with Gasteiger partial charge in [0.15, 0.2) is 0 Å². The molecule has 0 rings (SSSR count). The first kappa shape index (κ1) is 6.05. The van der Waals surface area contributed by atoms with E-state index >= 15 is 0 Å². The van der Waals surface area contributed by atoms with Gasteiger partial charge in [0, 0.05) is 7.98 Å². The Bertz CT molecular complexity index is 59.0. The molecule has 0 aliphatic rings. The second-order valence-electron chi connectivity index (χ2n) is 1.50. The zero-order chi connectivity index (χ0) is 7.11. The highest BCUT2D eigenvalue weighted by Gasteiger charge is 1.82. The summed E-state index contributed by atoms with van der Waals surface area (Å²) in [6.07, 6.45) is 0.683. The molecule has 0 spiro atoms. The van der Waals surface area contributed by atoms with Gasteiger partial charge >= 0.3 is 0 Å². The molecule has 1 atom stereocenters. The van der Waals surface area contributed by atoms with E-state index in [-0.39, 0.29) is 13.0 Å². The van der Waals surface area contributed by atoms with Crippen LogP contribution < -0.4 is 0 Å². The van der Waals surface area contributed by atoms with Gasteiger partial charge in [0.25, 0.3) is 0 Å². The maximum Gasteiger partial charge on any atom is 0.0697 e. The average molecular weight is 119 g/mol. The summed E-state index contributed by atoms with van der Waals surface area (Å²) in [4.78, 5) is 0. The number of hydrogen-bond acceptors (Lipinski definition) is 2. The fraction of sp³-hybridized carbons (Fsp3) is 1.00. The fourth-order valence-corrected chi connectivity index (χ4v) is 0.349. The van der Waals surface area contributed by atoms with Crippen molar-refractivity contribution >= 4 is 0 Å². The summed E-state index contributed by atoms with van der Waals surface area (Å²) in [5.74, 6) is 0. The number of aliphatic hydroxyl groups is 1. The minimum absolute atomic E-state index is 0.0520. The summed E-state index contributed by atoms with van der Waals surface area (Å²) in [6.45, 7) is 2.79. The molecule has 0 bridgehead atoms. The number of hydrogen-bond donors (Lipinski definition) is 1. The molecule has 0 amide bonds. The molecule has 0 radical (unpaired) electrons. The van der Waals surface area contributed by atoms with E-state index in [9.17, 15) is 0 Å². The van der Waals surface area contributed by atoms with Crippen LogP contribution in [0.25, 0.3) is 0 Å². The van der Waals surface area contributed by atoms with Crippen molar-refractivity contribution < 1.29 is 11.2 Å². The van der Waals surface area contributed by atoms with Gasteiger partial charge in [0.05, 0.1) is 13.2 Å². The summed E-state index contributed by atoms with van der Waals surface area (Å²) in [7, 11) is 0. The predicted molar refractivity (Wildman–Crippen MR) is 32.8 cm³/mol. The number of aliphatic hydroxyl groups excluding tert-OH is 1. The molecule has 0 fully saturated rings. The van der Waals surface area contributed by atoms with E-state index in [0.717, 1.165) is 6.42 Å². The molecule has 0 aromatic carbocycles. The molecular weight excluding hydrogens is 104 g/mol. The summed E-state index contributed by atoms with van der Waals surface area (Å²) >= 11 is 0. The highest BCUT2D eigenvalue weighted by Crippen LogP contribution is 1.85. The standard InChI is InChI=1S/C6H14O2/c1-2-3-5-8-6-4-7/h7H,2-6H2,1H3/i3D. The van der Waals surface area contributed by atoms with Gasteiger partial charge in [0.2, 0.25) is 0 Å². The van der Waals surface area contributed by atoms with Gasteiger partial charge in [-0.3, -0.25) is 0 Å². The van der Waals surface area contributed by atoms with Crippen molar-refractivity contribution in [2.75, 3.05) is 19.8 Å². The fourth-order valence-electron chi connectivity index (χ4n) is 0.349. The Morgan fingerprint density at radius 2 is 2.38 bits per heavy atom. The van der Waals surface area contributed by atoms with Crippen molar-refractivity contribution in [1.29, 1.82) is 0 Å². The zero-order valence-electron chi connectivity index (χ0n) is 6.26. The van der Waals surface area contributed by atoms with E-state index in [4.69, 9.17) is 11.2 Å². The Labute approximate surface area is 51.9 Å². The van der Waals surface area contributed by atoms with Gasteiger partial charge < -0.3 is 9.84 Å². The van der Waals surface area contributed by atoms with Crippen molar-refractivity contribution in [2.24, 2.45) is 0 Å². The van der Waals surface area contributed by atoms with Crippen LogP contribution in [0.3, 0.4) is 0 Å². The van der Waals surface area contributed by atoms with Gasteiger partial charge in [-0.25, -0.2) is 0 Å². The van der Waals surface area contributed by atoms with E-state index in [1.807, 2.05) is 6.92 Å². The third kappa shape index (κ3) is 5.92. The first-order valence-electron chi connectivity index (χ1n) is 3.49. The first-order valence-corrected chi connectivity index (χ1v) is 2.92. The molecule has 0 aliphatic carbocycles. The van der Waals surface area contributed by atoms with Crippen LogP contribution in [0, 0.1) is 0 Å². The molecule has 2 nitrogen and oxygen atoms in total. The van der Waals surface area contributed by atoms with Gasteiger partial charge in [-0.1, -0.05) is 13.3 Å². The van der Waals surface area contributed by atoms with Crippen molar-refractivity contribution in [3.8, 4) is 0 Å². The van der Waals surface area contributed by atoms with Gasteiger partial charge in [-0.15, -0.1) is 0 Å². The monoisotopic (exact) mass is 119 g/mol. The van der Waals surface area contributed by atoms with Crippen LogP contribution in [0.2, 0.25) is 0 Å². The van der Waals surface area contributed by atoms with Crippen LogP contribution in [0.1, 0.15) is 21.1 Å².